The summed E-state index contributed by atoms with van der Waals surface area (Å²) < 4.78 is 10.6. The summed E-state index contributed by atoms with van der Waals surface area (Å²) in [6, 6.07) is 3.54. The van der Waals surface area contributed by atoms with Crippen molar-refractivity contribution in [2.24, 2.45) is 0 Å². The lowest BCUT2D eigenvalue weighted by Gasteiger charge is -2.21. The van der Waals surface area contributed by atoms with Crippen LogP contribution in [0.4, 0.5) is 0 Å². The Hall–Kier alpha value is -1.46. The molecule has 0 bridgehead atoms. The van der Waals surface area contributed by atoms with Crippen LogP contribution in [0.15, 0.2) is 12.1 Å². The number of amides is 1. The third-order valence-electron chi connectivity index (χ3n) is 3.89. The largest absolute Gasteiger partial charge is 0.454 e. The van der Waals surface area contributed by atoms with Gasteiger partial charge in [-0.05, 0) is 37.5 Å². The van der Waals surface area contributed by atoms with Crippen molar-refractivity contribution in [1.29, 1.82) is 0 Å². The molecule has 3 rings (SSSR count). The van der Waals surface area contributed by atoms with E-state index in [0.717, 1.165) is 31.5 Å². The van der Waals surface area contributed by atoms with E-state index in [4.69, 9.17) is 21.1 Å². The van der Waals surface area contributed by atoms with Crippen molar-refractivity contribution >= 4 is 17.5 Å². The molecule has 1 aromatic rings. The smallest absolute Gasteiger partial charge is 0.239 e. The van der Waals surface area contributed by atoms with Gasteiger partial charge in [0.2, 0.25) is 12.7 Å². The topological polar surface area (TPSA) is 50.8 Å². The minimum Gasteiger partial charge on any atom is -0.454 e. The van der Waals surface area contributed by atoms with E-state index in [2.05, 4.69) is 5.32 Å². The molecule has 21 heavy (non-hydrogen) atoms. The van der Waals surface area contributed by atoms with E-state index in [9.17, 15) is 4.79 Å². The van der Waals surface area contributed by atoms with Crippen LogP contribution in [0.5, 0.6) is 11.5 Å². The van der Waals surface area contributed by atoms with E-state index < -0.39 is 0 Å². The Labute approximate surface area is 129 Å². The number of likely N-dealkylation sites (tertiary alicyclic amines) is 1. The van der Waals surface area contributed by atoms with Crippen LogP contribution >= 0.6 is 11.6 Å². The van der Waals surface area contributed by atoms with E-state index in [1.54, 1.807) is 0 Å². The van der Waals surface area contributed by atoms with E-state index in [1.807, 2.05) is 24.0 Å². The number of fused-ring (bicyclic) bond motifs is 1. The zero-order chi connectivity index (χ0) is 14.8. The Morgan fingerprint density at radius 1 is 1.38 bits per heavy atom. The molecule has 6 heteroatoms. The van der Waals surface area contributed by atoms with Crippen molar-refractivity contribution in [1.82, 2.24) is 10.2 Å². The number of nitrogens with one attached hydrogen (secondary N) is 1. The van der Waals surface area contributed by atoms with Crippen LogP contribution < -0.4 is 14.8 Å². The normalized spacial score (nSPS) is 18.1. The Kier molecular flexibility index (Phi) is 4.22. The molecule has 2 aliphatic heterocycles. The molecule has 2 aliphatic rings. The van der Waals surface area contributed by atoms with Crippen molar-refractivity contribution in [3.63, 3.8) is 0 Å². The molecule has 1 N–H and O–H groups in total. The number of ether oxygens (including phenoxy) is 2. The average Bonchev–Trinajstić information content (AvgIpc) is 3.14. The Morgan fingerprint density at radius 2 is 2.14 bits per heavy atom. The first-order chi connectivity index (χ1) is 10.1. The van der Waals surface area contributed by atoms with Crippen LogP contribution in [0.2, 0.25) is 5.02 Å². The second-order valence-corrected chi connectivity index (χ2v) is 5.85. The summed E-state index contributed by atoms with van der Waals surface area (Å²) in [5, 5.41) is 3.79. The quantitative estimate of drug-likeness (QED) is 0.926. The average molecular weight is 311 g/mol. The van der Waals surface area contributed by atoms with Crippen LogP contribution in [-0.4, -0.2) is 36.7 Å². The number of hydrogen-bond donors (Lipinski definition) is 1. The van der Waals surface area contributed by atoms with E-state index in [-0.39, 0.29) is 18.7 Å². The van der Waals surface area contributed by atoms with Gasteiger partial charge in [-0.1, -0.05) is 11.6 Å². The third-order valence-corrected chi connectivity index (χ3v) is 4.17. The maximum absolute atomic E-state index is 12.2. The first kappa shape index (κ1) is 14.5. The van der Waals surface area contributed by atoms with E-state index in [1.165, 1.54) is 0 Å². The van der Waals surface area contributed by atoms with E-state index in [0.29, 0.717) is 23.1 Å². The fourth-order valence-corrected chi connectivity index (χ4v) is 2.98. The molecule has 0 spiro atoms. The lowest BCUT2D eigenvalue weighted by atomic mass is 10.2. The number of carbonyl (C=O) groups is 1. The first-order valence-corrected chi connectivity index (χ1v) is 7.63. The minimum absolute atomic E-state index is 0.166. The zero-order valence-electron chi connectivity index (χ0n) is 12.0. The van der Waals surface area contributed by atoms with Gasteiger partial charge in [-0.25, -0.2) is 0 Å². The van der Waals surface area contributed by atoms with Gasteiger partial charge in [0, 0.05) is 19.6 Å². The SMILES string of the molecule is CC(NCc1cc(Cl)c2c(c1)OCO2)C(=O)N1CCCC1. The number of benzene rings is 1. The highest BCUT2D eigenvalue weighted by Gasteiger charge is 2.23. The number of rotatable bonds is 4. The molecule has 114 valence electrons. The van der Waals surface area contributed by atoms with Crippen molar-refractivity contribution in [3.05, 3.63) is 22.7 Å². The molecular weight excluding hydrogens is 292 g/mol. The molecule has 1 saturated heterocycles. The summed E-state index contributed by atoms with van der Waals surface area (Å²) in [7, 11) is 0. The molecule has 2 heterocycles. The van der Waals surface area contributed by atoms with Crippen LogP contribution in [0.25, 0.3) is 0 Å². The Bertz CT molecular complexity index is 544. The van der Waals surface area contributed by atoms with Gasteiger partial charge in [-0.3, -0.25) is 4.79 Å². The highest BCUT2D eigenvalue weighted by molar-refractivity contribution is 6.32. The molecule has 1 fully saturated rings. The predicted molar refractivity (Wildman–Crippen MR) is 79.7 cm³/mol. The second-order valence-electron chi connectivity index (χ2n) is 5.45. The summed E-state index contributed by atoms with van der Waals surface area (Å²) in [6.07, 6.45) is 2.21. The molecule has 0 saturated carbocycles. The van der Waals surface area contributed by atoms with Gasteiger partial charge >= 0.3 is 0 Å². The fourth-order valence-electron chi connectivity index (χ4n) is 2.69. The van der Waals surface area contributed by atoms with E-state index >= 15 is 0 Å². The standard InChI is InChI=1S/C15H19ClN2O3/c1-10(15(19)18-4-2-3-5-18)17-8-11-6-12(16)14-13(7-11)20-9-21-14/h6-7,10,17H,2-5,8-9H2,1H3. The van der Waals surface area contributed by atoms with Gasteiger partial charge < -0.3 is 19.7 Å². The lowest BCUT2D eigenvalue weighted by Crippen LogP contribution is -2.43. The van der Waals surface area contributed by atoms with Crippen molar-refractivity contribution in [2.45, 2.75) is 32.4 Å². The van der Waals surface area contributed by atoms with Gasteiger partial charge in [0.25, 0.3) is 0 Å². The van der Waals surface area contributed by atoms with Crippen LogP contribution in [-0.2, 0) is 11.3 Å². The predicted octanol–water partition coefficient (Wildman–Crippen LogP) is 2.17. The van der Waals surface area contributed by atoms with Crippen molar-refractivity contribution in [2.75, 3.05) is 19.9 Å². The van der Waals surface area contributed by atoms with Crippen LogP contribution in [0.3, 0.4) is 0 Å². The molecule has 0 aromatic heterocycles. The Balaban J connectivity index is 1.59. The molecule has 1 amide bonds. The first-order valence-electron chi connectivity index (χ1n) is 7.25. The third kappa shape index (κ3) is 3.09. The molecule has 1 aromatic carbocycles. The minimum atomic E-state index is -0.202. The fraction of sp³-hybridized carbons (Fsp3) is 0.533. The molecule has 1 unspecified atom stereocenters. The molecule has 0 radical (unpaired) electrons. The Morgan fingerprint density at radius 3 is 2.90 bits per heavy atom. The number of carbonyl (C=O) groups excluding carboxylic acids is 1. The van der Waals surface area contributed by atoms with Gasteiger partial charge in [0.05, 0.1) is 11.1 Å². The van der Waals surface area contributed by atoms with Crippen molar-refractivity contribution in [3.8, 4) is 11.5 Å². The summed E-state index contributed by atoms with van der Waals surface area (Å²) in [5.41, 5.74) is 0.977. The highest BCUT2D eigenvalue weighted by Crippen LogP contribution is 2.39. The monoisotopic (exact) mass is 310 g/mol. The van der Waals surface area contributed by atoms with Gasteiger partial charge in [-0.2, -0.15) is 0 Å². The summed E-state index contributed by atoms with van der Waals surface area (Å²) in [6.45, 7) is 4.42. The molecule has 5 nitrogen and oxygen atoms in total. The number of halogens is 1. The second kappa shape index (κ2) is 6.12. The van der Waals surface area contributed by atoms with Gasteiger partial charge in [0.15, 0.2) is 11.5 Å². The maximum Gasteiger partial charge on any atom is 0.239 e. The zero-order valence-corrected chi connectivity index (χ0v) is 12.8. The highest BCUT2D eigenvalue weighted by atomic mass is 35.5. The molecule has 1 atom stereocenters. The lowest BCUT2D eigenvalue weighted by molar-refractivity contribution is -0.131. The molecular formula is C15H19ClN2O3. The van der Waals surface area contributed by atoms with Gasteiger partial charge in [-0.15, -0.1) is 0 Å². The number of hydrogen-bond acceptors (Lipinski definition) is 4. The maximum atomic E-state index is 12.2. The summed E-state index contributed by atoms with van der Waals surface area (Å²) >= 11 is 6.15. The van der Waals surface area contributed by atoms with Crippen LogP contribution in [0, 0.1) is 0 Å². The summed E-state index contributed by atoms with van der Waals surface area (Å²) in [5.74, 6) is 1.43. The summed E-state index contributed by atoms with van der Waals surface area (Å²) in [4.78, 5) is 14.1. The van der Waals surface area contributed by atoms with Crippen molar-refractivity contribution < 1.29 is 14.3 Å². The molecule has 0 aliphatic carbocycles. The van der Waals surface area contributed by atoms with Gasteiger partial charge in [0.1, 0.15) is 0 Å². The van der Waals surface area contributed by atoms with Crippen LogP contribution in [0.1, 0.15) is 25.3 Å². The number of nitrogens with zero attached hydrogens (tertiary/aromatic N) is 1.